The van der Waals surface area contributed by atoms with E-state index in [-0.39, 0.29) is 10.6 Å². The van der Waals surface area contributed by atoms with Gasteiger partial charge in [-0.25, -0.2) is 8.42 Å². The Labute approximate surface area is 180 Å². The first-order valence-electron chi connectivity index (χ1n) is 9.04. The monoisotopic (exact) mass is 444 g/mol. The fraction of sp³-hybridized carbons (Fsp3) is 0.136. The van der Waals surface area contributed by atoms with Crippen LogP contribution in [0.4, 0.5) is 11.4 Å². The standard InChI is InChI=1S/C22H21ClN2O4S/c1-14-4-5-15(2)19(12-14)25-30(27,28)18-10-11-21(29-3)20(13-18)24-22(26)16-6-8-17(23)9-7-16/h4-13,25H,1-3H3,(H,24,26). The van der Waals surface area contributed by atoms with Crippen molar-refractivity contribution in [3.8, 4) is 5.75 Å². The number of hydrogen-bond acceptors (Lipinski definition) is 4. The van der Waals surface area contributed by atoms with E-state index in [1.807, 2.05) is 26.0 Å². The van der Waals surface area contributed by atoms with E-state index in [0.29, 0.717) is 22.0 Å². The zero-order valence-electron chi connectivity index (χ0n) is 16.7. The van der Waals surface area contributed by atoms with E-state index in [0.717, 1.165) is 11.1 Å². The number of carbonyl (C=O) groups is 1. The Morgan fingerprint density at radius 2 is 1.63 bits per heavy atom. The highest BCUT2D eigenvalue weighted by Gasteiger charge is 2.19. The maximum Gasteiger partial charge on any atom is 0.261 e. The van der Waals surface area contributed by atoms with Crippen molar-refractivity contribution in [2.75, 3.05) is 17.1 Å². The summed E-state index contributed by atoms with van der Waals surface area (Å²) < 4.78 is 33.7. The number of anilines is 2. The van der Waals surface area contributed by atoms with Gasteiger partial charge in [0.1, 0.15) is 5.75 Å². The van der Waals surface area contributed by atoms with Crippen LogP contribution in [0.3, 0.4) is 0 Å². The molecule has 0 heterocycles. The lowest BCUT2D eigenvalue weighted by molar-refractivity contribution is 0.102. The number of amides is 1. The van der Waals surface area contributed by atoms with Crippen LogP contribution >= 0.6 is 11.6 Å². The van der Waals surface area contributed by atoms with E-state index in [1.54, 1.807) is 30.3 Å². The van der Waals surface area contributed by atoms with Gasteiger partial charge in [0, 0.05) is 10.6 Å². The third kappa shape index (κ3) is 4.93. The van der Waals surface area contributed by atoms with Gasteiger partial charge in [0.25, 0.3) is 15.9 Å². The number of methoxy groups -OCH3 is 1. The molecule has 30 heavy (non-hydrogen) atoms. The Morgan fingerprint density at radius 3 is 2.30 bits per heavy atom. The summed E-state index contributed by atoms with van der Waals surface area (Å²) in [5, 5.41) is 3.20. The summed E-state index contributed by atoms with van der Waals surface area (Å²) in [6.45, 7) is 3.71. The molecule has 0 saturated carbocycles. The molecule has 8 heteroatoms. The van der Waals surface area contributed by atoms with Gasteiger partial charge in [-0.1, -0.05) is 23.7 Å². The Bertz CT molecular complexity index is 1190. The predicted octanol–water partition coefficient (Wildman–Crippen LogP) is 5.02. The normalized spacial score (nSPS) is 11.1. The summed E-state index contributed by atoms with van der Waals surface area (Å²) in [7, 11) is -2.44. The van der Waals surface area contributed by atoms with Crippen molar-refractivity contribution in [3.05, 3.63) is 82.4 Å². The Hall–Kier alpha value is -3.03. The molecule has 0 aliphatic heterocycles. The third-order valence-corrected chi connectivity index (χ3v) is 6.09. The summed E-state index contributed by atoms with van der Waals surface area (Å²) in [4.78, 5) is 12.5. The van der Waals surface area contributed by atoms with Gasteiger partial charge in [-0.2, -0.15) is 0 Å². The average Bonchev–Trinajstić information content (AvgIpc) is 2.71. The molecule has 0 radical (unpaired) electrons. The van der Waals surface area contributed by atoms with Crippen LogP contribution in [0.15, 0.2) is 65.6 Å². The number of aryl methyl sites for hydroxylation is 2. The zero-order chi connectivity index (χ0) is 21.9. The molecule has 0 fully saturated rings. The largest absolute Gasteiger partial charge is 0.495 e. The first kappa shape index (κ1) is 21.7. The minimum absolute atomic E-state index is 0.00406. The molecule has 0 aliphatic rings. The number of ether oxygens (including phenoxy) is 1. The highest BCUT2D eigenvalue weighted by molar-refractivity contribution is 7.92. The smallest absolute Gasteiger partial charge is 0.261 e. The number of nitrogens with one attached hydrogen (secondary N) is 2. The summed E-state index contributed by atoms with van der Waals surface area (Å²) in [5.74, 6) is -0.0787. The lowest BCUT2D eigenvalue weighted by atomic mass is 10.1. The van der Waals surface area contributed by atoms with Crippen molar-refractivity contribution in [2.24, 2.45) is 0 Å². The summed E-state index contributed by atoms with van der Waals surface area (Å²) >= 11 is 5.86. The van der Waals surface area contributed by atoms with Crippen LogP contribution in [0.25, 0.3) is 0 Å². The predicted molar refractivity (Wildman–Crippen MR) is 119 cm³/mol. The second kappa shape index (κ2) is 8.77. The fourth-order valence-electron chi connectivity index (χ4n) is 2.80. The average molecular weight is 445 g/mol. The van der Waals surface area contributed by atoms with Gasteiger partial charge in [0.05, 0.1) is 23.4 Å². The number of hydrogen-bond donors (Lipinski definition) is 2. The van der Waals surface area contributed by atoms with Gasteiger partial charge in [0.2, 0.25) is 0 Å². The topological polar surface area (TPSA) is 84.5 Å². The van der Waals surface area contributed by atoms with Gasteiger partial charge in [-0.05, 0) is 73.5 Å². The second-order valence-electron chi connectivity index (χ2n) is 6.75. The maximum absolute atomic E-state index is 12.9. The minimum Gasteiger partial charge on any atom is -0.495 e. The Kier molecular flexibility index (Phi) is 6.34. The SMILES string of the molecule is COc1ccc(S(=O)(=O)Nc2cc(C)ccc2C)cc1NC(=O)c1ccc(Cl)cc1. The van der Waals surface area contributed by atoms with Crippen LogP contribution in [-0.4, -0.2) is 21.4 Å². The molecule has 6 nitrogen and oxygen atoms in total. The lowest BCUT2D eigenvalue weighted by Gasteiger charge is -2.15. The second-order valence-corrected chi connectivity index (χ2v) is 8.87. The van der Waals surface area contributed by atoms with Gasteiger partial charge in [-0.3, -0.25) is 9.52 Å². The molecule has 0 aromatic heterocycles. The lowest BCUT2D eigenvalue weighted by Crippen LogP contribution is -2.16. The van der Waals surface area contributed by atoms with E-state index in [9.17, 15) is 13.2 Å². The maximum atomic E-state index is 12.9. The van der Waals surface area contributed by atoms with E-state index in [1.165, 1.54) is 25.3 Å². The Balaban J connectivity index is 1.92. The molecular weight excluding hydrogens is 424 g/mol. The van der Waals surface area contributed by atoms with Crippen LogP contribution in [0.1, 0.15) is 21.5 Å². The molecule has 3 aromatic rings. The van der Waals surface area contributed by atoms with Crippen molar-refractivity contribution >= 4 is 38.9 Å². The highest BCUT2D eigenvalue weighted by atomic mass is 35.5. The molecule has 156 valence electrons. The number of benzene rings is 3. The molecule has 0 atom stereocenters. The van der Waals surface area contributed by atoms with Crippen LogP contribution in [0, 0.1) is 13.8 Å². The van der Waals surface area contributed by atoms with E-state index in [4.69, 9.17) is 16.3 Å². The first-order valence-corrected chi connectivity index (χ1v) is 10.9. The van der Waals surface area contributed by atoms with Gasteiger partial charge < -0.3 is 10.1 Å². The molecule has 0 saturated heterocycles. The van der Waals surface area contributed by atoms with Crippen molar-refractivity contribution in [1.82, 2.24) is 0 Å². The zero-order valence-corrected chi connectivity index (χ0v) is 18.3. The van der Waals surface area contributed by atoms with Crippen molar-refractivity contribution < 1.29 is 17.9 Å². The summed E-state index contributed by atoms with van der Waals surface area (Å²) in [6.07, 6.45) is 0. The molecule has 2 N–H and O–H groups in total. The number of rotatable bonds is 6. The quantitative estimate of drug-likeness (QED) is 0.559. The Morgan fingerprint density at radius 1 is 0.933 bits per heavy atom. The third-order valence-electron chi connectivity index (χ3n) is 4.47. The van der Waals surface area contributed by atoms with Crippen molar-refractivity contribution in [3.63, 3.8) is 0 Å². The fourth-order valence-corrected chi connectivity index (χ4v) is 4.07. The molecule has 1 amide bonds. The molecule has 0 bridgehead atoms. The van der Waals surface area contributed by atoms with Crippen LogP contribution in [0.2, 0.25) is 5.02 Å². The number of halogens is 1. The number of sulfonamides is 1. The highest BCUT2D eigenvalue weighted by Crippen LogP contribution is 2.29. The van der Waals surface area contributed by atoms with E-state index < -0.39 is 15.9 Å². The molecule has 0 aliphatic carbocycles. The van der Waals surface area contributed by atoms with Crippen LogP contribution in [-0.2, 0) is 10.0 Å². The van der Waals surface area contributed by atoms with E-state index >= 15 is 0 Å². The van der Waals surface area contributed by atoms with Crippen molar-refractivity contribution in [1.29, 1.82) is 0 Å². The molecular formula is C22H21ClN2O4S. The molecule has 0 unspecified atom stereocenters. The van der Waals surface area contributed by atoms with E-state index in [2.05, 4.69) is 10.0 Å². The van der Waals surface area contributed by atoms with Crippen LogP contribution < -0.4 is 14.8 Å². The van der Waals surface area contributed by atoms with Crippen LogP contribution in [0.5, 0.6) is 5.75 Å². The van der Waals surface area contributed by atoms with Gasteiger partial charge in [0.15, 0.2) is 0 Å². The summed E-state index contributed by atoms with van der Waals surface area (Å²) in [5.41, 5.74) is 2.85. The van der Waals surface area contributed by atoms with Crippen molar-refractivity contribution in [2.45, 2.75) is 18.7 Å². The molecule has 3 rings (SSSR count). The van der Waals surface area contributed by atoms with Gasteiger partial charge >= 0.3 is 0 Å². The van der Waals surface area contributed by atoms with Gasteiger partial charge in [-0.15, -0.1) is 0 Å². The number of carbonyl (C=O) groups excluding carboxylic acids is 1. The minimum atomic E-state index is -3.88. The summed E-state index contributed by atoms with van der Waals surface area (Å²) in [6, 6.07) is 16.1. The molecule has 0 spiro atoms. The molecule has 3 aromatic carbocycles. The first-order chi connectivity index (χ1) is 14.2.